The Labute approximate surface area is 115 Å². The predicted molar refractivity (Wildman–Crippen MR) is 81.1 cm³/mol. The number of hydrogen-bond acceptors (Lipinski definition) is 2. The molecule has 0 amide bonds. The molecule has 0 unspecified atom stereocenters. The van der Waals surface area contributed by atoms with Gasteiger partial charge in [0, 0.05) is 6.04 Å². The first kappa shape index (κ1) is 16.0. The highest BCUT2D eigenvalue weighted by Gasteiger charge is 2.22. The standard InChI is InChI=1S/C16H34N2/c1-4-12-17-13-6-7-14-18(3)16-10-8-15(5-2)9-11-16/h15-17H,4-14H2,1-3H3. The Balaban J connectivity index is 2.01. The van der Waals surface area contributed by atoms with E-state index >= 15 is 0 Å². The van der Waals surface area contributed by atoms with Crippen LogP contribution in [0.2, 0.25) is 0 Å². The molecule has 1 saturated carbocycles. The first-order chi connectivity index (χ1) is 8.77. The molecule has 0 saturated heterocycles. The fraction of sp³-hybridized carbons (Fsp3) is 1.00. The fourth-order valence-electron chi connectivity index (χ4n) is 3.09. The number of nitrogens with zero attached hydrogens (tertiary/aromatic N) is 1. The van der Waals surface area contributed by atoms with Crippen LogP contribution in [0.25, 0.3) is 0 Å². The minimum atomic E-state index is 0.872. The van der Waals surface area contributed by atoms with Gasteiger partial charge in [-0.3, -0.25) is 0 Å². The van der Waals surface area contributed by atoms with Crippen molar-refractivity contribution in [1.29, 1.82) is 0 Å². The second-order valence-electron chi connectivity index (χ2n) is 6.02. The Morgan fingerprint density at radius 1 is 1.00 bits per heavy atom. The van der Waals surface area contributed by atoms with Crippen molar-refractivity contribution in [2.75, 3.05) is 26.7 Å². The fourth-order valence-corrected chi connectivity index (χ4v) is 3.09. The van der Waals surface area contributed by atoms with E-state index in [-0.39, 0.29) is 0 Å². The molecule has 0 heterocycles. The van der Waals surface area contributed by atoms with E-state index in [1.165, 1.54) is 71.0 Å². The molecule has 0 aromatic rings. The lowest BCUT2D eigenvalue weighted by atomic mass is 9.84. The summed E-state index contributed by atoms with van der Waals surface area (Å²) in [6.45, 7) is 8.24. The largest absolute Gasteiger partial charge is 0.317 e. The van der Waals surface area contributed by atoms with E-state index in [9.17, 15) is 0 Å². The van der Waals surface area contributed by atoms with Crippen LogP contribution < -0.4 is 5.32 Å². The smallest absolute Gasteiger partial charge is 0.00924 e. The average molecular weight is 254 g/mol. The lowest BCUT2D eigenvalue weighted by molar-refractivity contribution is 0.161. The van der Waals surface area contributed by atoms with Gasteiger partial charge in [0.15, 0.2) is 0 Å². The van der Waals surface area contributed by atoms with E-state index in [1.807, 2.05) is 0 Å². The summed E-state index contributed by atoms with van der Waals surface area (Å²) in [5.41, 5.74) is 0. The third-order valence-corrected chi connectivity index (χ3v) is 4.56. The molecule has 1 aliphatic carbocycles. The van der Waals surface area contributed by atoms with Gasteiger partial charge in [-0.1, -0.05) is 20.3 Å². The van der Waals surface area contributed by atoms with Gasteiger partial charge in [-0.2, -0.15) is 0 Å². The summed E-state index contributed by atoms with van der Waals surface area (Å²) >= 11 is 0. The van der Waals surface area contributed by atoms with Gasteiger partial charge in [0.1, 0.15) is 0 Å². The highest BCUT2D eigenvalue weighted by atomic mass is 15.1. The van der Waals surface area contributed by atoms with E-state index in [4.69, 9.17) is 0 Å². The Morgan fingerprint density at radius 2 is 1.72 bits per heavy atom. The van der Waals surface area contributed by atoms with Crippen molar-refractivity contribution >= 4 is 0 Å². The minimum absolute atomic E-state index is 0.872. The molecule has 108 valence electrons. The van der Waals surface area contributed by atoms with E-state index in [1.54, 1.807) is 0 Å². The summed E-state index contributed by atoms with van der Waals surface area (Å²) in [5, 5.41) is 3.48. The summed E-state index contributed by atoms with van der Waals surface area (Å²) in [6.07, 6.45) is 11.1. The molecule has 1 N–H and O–H groups in total. The number of rotatable bonds is 9. The highest BCUT2D eigenvalue weighted by molar-refractivity contribution is 4.77. The van der Waals surface area contributed by atoms with Gasteiger partial charge < -0.3 is 10.2 Å². The van der Waals surface area contributed by atoms with Crippen LogP contribution >= 0.6 is 0 Å². The van der Waals surface area contributed by atoms with Gasteiger partial charge in [0.05, 0.1) is 0 Å². The second kappa shape index (κ2) is 9.80. The number of hydrogen-bond donors (Lipinski definition) is 1. The SMILES string of the molecule is CCCNCCCCN(C)C1CCC(CC)CC1. The van der Waals surface area contributed by atoms with Gasteiger partial charge in [-0.05, 0) is 77.5 Å². The molecule has 2 heteroatoms. The maximum absolute atomic E-state index is 3.48. The third-order valence-electron chi connectivity index (χ3n) is 4.56. The molecule has 1 aliphatic rings. The van der Waals surface area contributed by atoms with Gasteiger partial charge in [0.25, 0.3) is 0 Å². The molecule has 0 spiro atoms. The molecule has 1 fully saturated rings. The van der Waals surface area contributed by atoms with E-state index in [0.29, 0.717) is 0 Å². The normalized spacial score (nSPS) is 24.7. The number of nitrogens with one attached hydrogen (secondary N) is 1. The molecule has 0 aromatic carbocycles. The summed E-state index contributed by atoms with van der Waals surface area (Å²) in [6, 6.07) is 0.872. The quantitative estimate of drug-likeness (QED) is 0.632. The van der Waals surface area contributed by atoms with E-state index in [0.717, 1.165) is 12.0 Å². The molecule has 0 radical (unpaired) electrons. The second-order valence-corrected chi connectivity index (χ2v) is 6.02. The third kappa shape index (κ3) is 6.19. The molecular formula is C16H34N2. The van der Waals surface area contributed by atoms with Crippen molar-refractivity contribution in [1.82, 2.24) is 10.2 Å². The summed E-state index contributed by atoms with van der Waals surface area (Å²) < 4.78 is 0. The molecule has 0 aliphatic heterocycles. The van der Waals surface area contributed by atoms with Crippen molar-refractivity contribution in [3.8, 4) is 0 Å². The van der Waals surface area contributed by atoms with E-state index < -0.39 is 0 Å². The van der Waals surface area contributed by atoms with Crippen LogP contribution in [-0.2, 0) is 0 Å². The van der Waals surface area contributed by atoms with Crippen molar-refractivity contribution in [2.45, 2.75) is 71.3 Å². The summed E-state index contributed by atoms with van der Waals surface area (Å²) in [4.78, 5) is 2.62. The van der Waals surface area contributed by atoms with Crippen LogP contribution in [0.15, 0.2) is 0 Å². The maximum Gasteiger partial charge on any atom is 0.00924 e. The predicted octanol–water partition coefficient (Wildman–Crippen LogP) is 3.67. The topological polar surface area (TPSA) is 15.3 Å². The van der Waals surface area contributed by atoms with Crippen LogP contribution in [0.4, 0.5) is 0 Å². The van der Waals surface area contributed by atoms with E-state index in [2.05, 4.69) is 31.1 Å². The van der Waals surface area contributed by atoms with Gasteiger partial charge in [0.2, 0.25) is 0 Å². The van der Waals surface area contributed by atoms with Crippen molar-refractivity contribution < 1.29 is 0 Å². The maximum atomic E-state index is 3.48. The molecule has 18 heavy (non-hydrogen) atoms. The van der Waals surface area contributed by atoms with Crippen LogP contribution in [-0.4, -0.2) is 37.6 Å². The zero-order chi connectivity index (χ0) is 13.2. The molecule has 0 atom stereocenters. The first-order valence-corrected chi connectivity index (χ1v) is 8.18. The lowest BCUT2D eigenvalue weighted by Gasteiger charge is -2.34. The van der Waals surface area contributed by atoms with Crippen LogP contribution in [0, 0.1) is 5.92 Å². The molecule has 1 rings (SSSR count). The van der Waals surface area contributed by atoms with Gasteiger partial charge in [-0.25, -0.2) is 0 Å². The Morgan fingerprint density at radius 3 is 2.33 bits per heavy atom. The Kier molecular flexibility index (Phi) is 8.70. The Bertz CT molecular complexity index is 186. The Hall–Kier alpha value is -0.0800. The summed E-state index contributed by atoms with van der Waals surface area (Å²) in [7, 11) is 2.33. The van der Waals surface area contributed by atoms with Crippen LogP contribution in [0.5, 0.6) is 0 Å². The zero-order valence-electron chi connectivity index (χ0n) is 12.9. The monoisotopic (exact) mass is 254 g/mol. The number of unbranched alkanes of at least 4 members (excludes halogenated alkanes) is 1. The van der Waals surface area contributed by atoms with Crippen molar-refractivity contribution in [2.24, 2.45) is 5.92 Å². The molecule has 2 nitrogen and oxygen atoms in total. The van der Waals surface area contributed by atoms with Crippen LogP contribution in [0.1, 0.15) is 65.2 Å². The molecular weight excluding hydrogens is 220 g/mol. The highest BCUT2D eigenvalue weighted by Crippen LogP contribution is 2.28. The van der Waals surface area contributed by atoms with Gasteiger partial charge in [-0.15, -0.1) is 0 Å². The van der Waals surface area contributed by atoms with Crippen LogP contribution in [0.3, 0.4) is 0 Å². The lowest BCUT2D eigenvalue weighted by Crippen LogP contribution is -2.36. The van der Waals surface area contributed by atoms with Gasteiger partial charge >= 0.3 is 0 Å². The minimum Gasteiger partial charge on any atom is -0.317 e. The molecule has 0 bridgehead atoms. The van der Waals surface area contributed by atoms with Crippen molar-refractivity contribution in [3.05, 3.63) is 0 Å². The molecule has 0 aromatic heterocycles. The zero-order valence-corrected chi connectivity index (χ0v) is 12.9. The first-order valence-electron chi connectivity index (χ1n) is 8.18. The van der Waals surface area contributed by atoms with Crippen molar-refractivity contribution in [3.63, 3.8) is 0 Å². The average Bonchev–Trinajstić information content (AvgIpc) is 2.42. The summed E-state index contributed by atoms with van der Waals surface area (Å²) in [5.74, 6) is 1.02.